The minimum Gasteiger partial charge on any atom is -0.454 e. The molecule has 0 unspecified atom stereocenters. The average Bonchev–Trinajstić information content (AvgIpc) is 2.75. The second-order valence-corrected chi connectivity index (χ2v) is 5.68. The molecule has 0 amide bonds. The molecule has 0 bridgehead atoms. The fourth-order valence-electron chi connectivity index (χ4n) is 1.57. The van der Waals surface area contributed by atoms with Crippen LogP contribution in [0.25, 0.3) is 0 Å². The monoisotopic (exact) mass is 272 g/mol. The molecule has 18 heavy (non-hydrogen) atoms. The van der Waals surface area contributed by atoms with Gasteiger partial charge in [-0.2, -0.15) is 0 Å². The summed E-state index contributed by atoms with van der Waals surface area (Å²) in [7, 11) is -3.33. The van der Waals surface area contributed by atoms with Gasteiger partial charge in [-0.1, -0.05) is 6.92 Å². The molecule has 0 fully saturated rings. The van der Waals surface area contributed by atoms with Gasteiger partial charge in [0.05, 0.1) is 11.4 Å². The van der Waals surface area contributed by atoms with Crippen molar-refractivity contribution < 1.29 is 17.9 Å². The van der Waals surface area contributed by atoms with Crippen molar-refractivity contribution in [3.8, 4) is 11.5 Å². The number of rotatable bonds is 6. The molecule has 0 spiro atoms. The Morgan fingerprint density at radius 2 is 2.06 bits per heavy atom. The van der Waals surface area contributed by atoms with Crippen LogP contribution in [0.15, 0.2) is 18.2 Å². The largest absolute Gasteiger partial charge is 0.454 e. The number of benzene rings is 1. The molecule has 2 rings (SSSR count). The van der Waals surface area contributed by atoms with E-state index in [0.717, 1.165) is 6.54 Å². The Balaban J connectivity index is 2.00. The number of hydrogen-bond donors (Lipinski definition) is 2. The van der Waals surface area contributed by atoms with Crippen LogP contribution in [0.4, 0.5) is 5.69 Å². The smallest absolute Gasteiger partial charge is 0.233 e. The summed E-state index contributed by atoms with van der Waals surface area (Å²) in [4.78, 5) is 0. The van der Waals surface area contributed by atoms with E-state index in [1.165, 1.54) is 0 Å². The van der Waals surface area contributed by atoms with E-state index in [0.29, 0.717) is 23.7 Å². The molecule has 1 heterocycles. The lowest BCUT2D eigenvalue weighted by Crippen LogP contribution is -2.26. The van der Waals surface area contributed by atoms with Crippen LogP contribution in [0.3, 0.4) is 0 Å². The van der Waals surface area contributed by atoms with Crippen molar-refractivity contribution in [2.24, 2.45) is 0 Å². The molecule has 0 aromatic heterocycles. The summed E-state index contributed by atoms with van der Waals surface area (Å²) in [6.45, 7) is 3.28. The number of fused-ring (bicyclic) bond motifs is 1. The number of nitrogens with one attached hydrogen (secondary N) is 2. The topological polar surface area (TPSA) is 76.7 Å². The van der Waals surface area contributed by atoms with E-state index < -0.39 is 10.0 Å². The van der Waals surface area contributed by atoms with Gasteiger partial charge in [0.15, 0.2) is 11.5 Å². The van der Waals surface area contributed by atoms with Gasteiger partial charge in [-0.05, 0) is 18.7 Å². The van der Waals surface area contributed by atoms with E-state index in [4.69, 9.17) is 9.47 Å². The van der Waals surface area contributed by atoms with Crippen molar-refractivity contribution in [2.75, 3.05) is 30.4 Å². The van der Waals surface area contributed by atoms with Gasteiger partial charge in [-0.15, -0.1) is 0 Å². The number of ether oxygens (including phenoxy) is 2. The minimum absolute atomic E-state index is 0.0370. The summed E-state index contributed by atoms with van der Waals surface area (Å²) in [6.07, 6.45) is 0. The Labute approximate surface area is 106 Å². The molecule has 6 nitrogen and oxygen atoms in total. The molecule has 100 valence electrons. The first kappa shape index (κ1) is 13.0. The van der Waals surface area contributed by atoms with Gasteiger partial charge in [-0.3, -0.25) is 4.72 Å². The molecule has 0 aliphatic carbocycles. The maximum absolute atomic E-state index is 11.8. The Kier molecular flexibility index (Phi) is 3.93. The van der Waals surface area contributed by atoms with Crippen LogP contribution in [0, 0.1) is 0 Å². The Bertz CT molecular complexity index is 516. The molecule has 0 radical (unpaired) electrons. The van der Waals surface area contributed by atoms with E-state index in [-0.39, 0.29) is 12.5 Å². The van der Waals surface area contributed by atoms with Crippen molar-refractivity contribution in [3.63, 3.8) is 0 Å². The van der Waals surface area contributed by atoms with E-state index >= 15 is 0 Å². The van der Waals surface area contributed by atoms with Crippen molar-refractivity contribution in [3.05, 3.63) is 18.2 Å². The lowest BCUT2D eigenvalue weighted by atomic mass is 10.3. The zero-order chi connectivity index (χ0) is 13.0. The molecular formula is C11H16N2O4S. The van der Waals surface area contributed by atoms with Gasteiger partial charge in [0.25, 0.3) is 0 Å². The van der Waals surface area contributed by atoms with Crippen LogP contribution in [0.2, 0.25) is 0 Å². The maximum Gasteiger partial charge on any atom is 0.233 e. The van der Waals surface area contributed by atoms with Crippen LogP contribution in [-0.2, 0) is 10.0 Å². The fourth-order valence-corrected chi connectivity index (χ4v) is 2.58. The third-order valence-electron chi connectivity index (χ3n) is 2.44. The van der Waals surface area contributed by atoms with Gasteiger partial charge in [0, 0.05) is 12.6 Å². The summed E-state index contributed by atoms with van der Waals surface area (Å²) in [5.41, 5.74) is 0.482. The fraction of sp³-hybridized carbons (Fsp3) is 0.455. The predicted molar refractivity (Wildman–Crippen MR) is 68.5 cm³/mol. The standard InChI is InChI=1S/C11H16N2O4S/c1-2-12-5-6-18(14,15)13-9-3-4-10-11(7-9)17-8-16-10/h3-4,7,12-13H,2,5-6,8H2,1H3. The zero-order valence-electron chi connectivity index (χ0n) is 10.1. The van der Waals surface area contributed by atoms with Crippen LogP contribution in [-0.4, -0.2) is 34.1 Å². The highest BCUT2D eigenvalue weighted by molar-refractivity contribution is 7.92. The predicted octanol–water partition coefficient (Wildman–Crippen LogP) is 0.766. The van der Waals surface area contributed by atoms with Crippen LogP contribution in [0.5, 0.6) is 11.5 Å². The Hall–Kier alpha value is -1.47. The lowest BCUT2D eigenvalue weighted by molar-refractivity contribution is 0.174. The highest BCUT2D eigenvalue weighted by Gasteiger charge is 2.15. The van der Waals surface area contributed by atoms with Crippen LogP contribution >= 0.6 is 0 Å². The van der Waals surface area contributed by atoms with Gasteiger partial charge in [-0.25, -0.2) is 8.42 Å². The van der Waals surface area contributed by atoms with E-state index in [9.17, 15) is 8.42 Å². The Morgan fingerprint density at radius 1 is 1.28 bits per heavy atom. The van der Waals surface area contributed by atoms with E-state index in [1.807, 2.05) is 6.92 Å². The van der Waals surface area contributed by atoms with Gasteiger partial charge < -0.3 is 14.8 Å². The van der Waals surface area contributed by atoms with Crippen molar-refractivity contribution in [1.82, 2.24) is 5.32 Å². The summed E-state index contributed by atoms with van der Waals surface area (Å²) >= 11 is 0. The van der Waals surface area contributed by atoms with Gasteiger partial charge in [0.1, 0.15) is 0 Å². The summed E-state index contributed by atoms with van der Waals surface area (Å²) in [5, 5.41) is 2.97. The summed E-state index contributed by atoms with van der Waals surface area (Å²) in [6, 6.07) is 4.95. The molecule has 2 N–H and O–H groups in total. The number of sulfonamides is 1. The molecular weight excluding hydrogens is 256 g/mol. The number of anilines is 1. The van der Waals surface area contributed by atoms with Crippen molar-refractivity contribution >= 4 is 15.7 Å². The van der Waals surface area contributed by atoms with E-state index in [2.05, 4.69) is 10.0 Å². The van der Waals surface area contributed by atoms with Crippen molar-refractivity contribution in [1.29, 1.82) is 0 Å². The molecule has 1 aromatic carbocycles. The lowest BCUT2D eigenvalue weighted by Gasteiger charge is -2.08. The minimum atomic E-state index is -3.33. The highest BCUT2D eigenvalue weighted by atomic mass is 32.2. The molecule has 0 atom stereocenters. The SMILES string of the molecule is CCNCCS(=O)(=O)Nc1ccc2c(c1)OCO2. The van der Waals surface area contributed by atoms with Crippen LogP contribution < -0.4 is 19.5 Å². The molecule has 1 aliphatic rings. The first-order chi connectivity index (χ1) is 8.61. The van der Waals surface area contributed by atoms with Gasteiger partial charge >= 0.3 is 0 Å². The zero-order valence-corrected chi connectivity index (χ0v) is 10.9. The quantitative estimate of drug-likeness (QED) is 0.748. The second-order valence-electron chi connectivity index (χ2n) is 3.84. The Morgan fingerprint density at radius 3 is 2.83 bits per heavy atom. The second kappa shape index (κ2) is 5.45. The van der Waals surface area contributed by atoms with Gasteiger partial charge in [0.2, 0.25) is 16.8 Å². The van der Waals surface area contributed by atoms with Crippen LogP contribution in [0.1, 0.15) is 6.92 Å². The number of hydrogen-bond acceptors (Lipinski definition) is 5. The maximum atomic E-state index is 11.8. The molecule has 0 saturated carbocycles. The molecule has 0 saturated heterocycles. The van der Waals surface area contributed by atoms with E-state index in [1.54, 1.807) is 18.2 Å². The third-order valence-corrected chi connectivity index (χ3v) is 3.73. The third kappa shape index (κ3) is 3.27. The molecule has 1 aromatic rings. The normalized spacial score (nSPS) is 13.6. The molecule has 1 aliphatic heterocycles. The highest BCUT2D eigenvalue weighted by Crippen LogP contribution is 2.34. The summed E-state index contributed by atoms with van der Waals surface area (Å²) < 4.78 is 36.3. The first-order valence-electron chi connectivity index (χ1n) is 5.71. The first-order valence-corrected chi connectivity index (χ1v) is 7.37. The van der Waals surface area contributed by atoms with Crippen molar-refractivity contribution in [2.45, 2.75) is 6.92 Å². The average molecular weight is 272 g/mol. The summed E-state index contributed by atoms with van der Waals surface area (Å²) in [5.74, 6) is 1.22. The molecule has 7 heteroatoms.